The monoisotopic (exact) mass is 576 g/mol. The largest absolute Gasteiger partial charge is 0.458 e. The fourth-order valence-corrected chi connectivity index (χ4v) is 7.69. The summed E-state index contributed by atoms with van der Waals surface area (Å²) in [4.78, 5) is 0. The second kappa shape index (κ2) is 9.35. The molecule has 3 heteroatoms. The standard InChI is InChI=1S/C42H28N2O/c1-5-18-36-30(13-1)31-14-2-6-19-37(31)43(36)29-12-9-11-27(25-29)28-23-24-41-35(26-28)34-17-10-22-40(42(34)45-41)44-38-20-7-3-15-32(38)33-16-4-8-21-39(33)44/h1-21,23-26,40H,22H2. The van der Waals surface area contributed by atoms with Crippen LogP contribution in [0.15, 0.2) is 150 Å². The third-order valence-corrected chi connectivity index (χ3v) is 9.65. The Morgan fingerprint density at radius 1 is 0.511 bits per heavy atom. The van der Waals surface area contributed by atoms with Crippen LogP contribution in [0.1, 0.15) is 23.8 Å². The van der Waals surface area contributed by atoms with Crippen molar-refractivity contribution in [1.29, 1.82) is 0 Å². The molecule has 3 heterocycles. The molecule has 0 fully saturated rings. The number of hydrogen-bond acceptors (Lipinski definition) is 1. The van der Waals surface area contributed by atoms with Crippen molar-refractivity contribution in [1.82, 2.24) is 9.13 Å². The highest BCUT2D eigenvalue weighted by Crippen LogP contribution is 2.43. The molecule has 45 heavy (non-hydrogen) atoms. The van der Waals surface area contributed by atoms with E-state index in [4.69, 9.17) is 4.42 Å². The quantitative estimate of drug-likeness (QED) is 0.205. The molecule has 212 valence electrons. The zero-order chi connectivity index (χ0) is 29.5. The molecule has 1 aliphatic rings. The van der Waals surface area contributed by atoms with Crippen LogP contribution in [-0.4, -0.2) is 9.13 Å². The van der Waals surface area contributed by atoms with Crippen molar-refractivity contribution in [3.8, 4) is 16.8 Å². The van der Waals surface area contributed by atoms with Crippen molar-refractivity contribution in [2.45, 2.75) is 12.5 Å². The van der Waals surface area contributed by atoms with Gasteiger partial charge in [-0.05, 0) is 66.1 Å². The van der Waals surface area contributed by atoms with Gasteiger partial charge in [0, 0.05) is 49.2 Å². The minimum atomic E-state index is 0.0873. The van der Waals surface area contributed by atoms with Crippen LogP contribution in [0.3, 0.4) is 0 Å². The van der Waals surface area contributed by atoms with Crippen LogP contribution in [0.4, 0.5) is 0 Å². The summed E-state index contributed by atoms with van der Waals surface area (Å²) in [5.74, 6) is 1.04. The van der Waals surface area contributed by atoms with Crippen molar-refractivity contribution < 1.29 is 4.42 Å². The van der Waals surface area contributed by atoms with Gasteiger partial charge in [0.2, 0.25) is 0 Å². The summed E-state index contributed by atoms with van der Waals surface area (Å²) in [6.45, 7) is 0. The van der Waals surface area contributed by atoms with Gasteiger partial charge in [0.1, 0.15) is 11.3 Å². The fourth-order valence-electron chi connectivity index (χ4n) is 7.69. The molecule has 0 saturated carbocycles. The fraction of sp³-hybridized carbons (Fsp3) is 0.0476. The first kappa shape index (κ1) is 24.6. The number of hydrogen-bond donors (Lipinski definition) is 0. The van der Waals surface area contributed by atoms with Gasteiger partial charge < -0.3 is 13.6 Å². The predicted molar refractivity (Wildman–Crippen MR) is 187 cm³/mol. The number of rotatable bonds is 3. The number of fused-ring (bicyclic) bond motifs is 9. The summed E-state index contributed by atoms with van der Waals surface area (Å²) in [5.41, 5.74) is 10.6. The van der Waals surface area contributed by atoms with Crippen molar-refractivity contribution in [2.24, 2.45) is 0 Å². The number of furan rings is 1. The van der Waals surface area contributed by atoms with E-state index < -0.39 is 0 Å². The Balaban J connectivity index is 1.12. The van der Waals surface area contributed by atoms with E-state index >= 15 is 0 Å². The summed E-state index contributed by atoms with van der Waals surface area (Å²) in [7, 11) is 0. The van der Waals surface area contributed by atoms with Crippen LogP contribution in [-0.2, 0) is 0 Å². The van der Waals surface area contributed by atoms with Crippen LogP contribution >= 0.6 is 0 Å². The van der Waals surface area contributed by atoms with Crippen LogP contribution in [0.2, 0.25) is 0 Å². The zero-order valence-electron chi connectivity index (χ0n) is 24.5. The van der Waals surface area contributed by atoms with E-state index in [9.17, 15) is 0 Å². The molecule has 6 aromatic carbocycles. The van der Waals surface area contributed by atoms with Gasteiger partial charge in [0.05, 0.1) is 17.1 Å². The summed E-state index contributed by atoms with van der Waals surface area (Å²) in [6.07, 6.45) is 5.45. The molecule has 3 nitrogen and oxygen atoms in total. The summed E-state index contributed by atoms with van der Waals surface area (Å²) >= 11 is 0. The van der Waals surface area contributed by atoms with Gasteiger partial charge in [-0.15, -0.1) is 0 Å². The first-order valence-corrected chi connectivity index (χ1v) is 15.6. The van der Waals surface area contributed by atoms with Gasteiger partial charge in [-0.1, -0.05) is 103 Å². The first-order valence-electron chi connectivity index (χ1n) is 15.6. The molecule has 9 aromatic rings. The maximum absolute atomic E-state index is 6.72. The van der Waals surface area contributed by atoms with E-state index in [1.54, 1.807) is 0 Å². The Morgan fingerprint density at radius 3 is 1.76 bits per heavy atom. The van der Waals surface area contributed by atoms with Gasteiger partial charge in [0.15, 0.2) is 0 Å². The number of para-hydroxylation sites is 4. The molecule has 3 aromatic heterocycles. The first-order chi connectivity index (χ1) is 22.3. The maximum atomic E-state index is 6.72. The number of nitrogens with zero attached hydrogens (tertiary/aromatic N) is 2. The number of benzene rings is 6. The number of allylic oxidation sites excluding steroid dienone is 1. The van der Waals surface area contributed by atoms with Gasteiger partial charge in [-0.2, -0.15) is 0 Å². The highest BCUT2D eigenvalue weighted by atomic mass is 16.3. The Kier molecular flexibility index (Phi) is 5.11. The summed E-state index contributed by atoms with van der Waals surface area (Å²) < 4.78 is 11.6. The van der Waals surface area contributed by atoms with E-state index in [-0.39, 0.29) is 6.04 Å². The normalized spacial score (nSPS) is 14.7. The summed E-state index contributed by atoms with van der Waals surface area (Å²) in [5, 5.41) is 6.27. The van der Waals surface area contributed by atoms with E-state index in [0.29, 0.717) is 0 Å². The minimum absolute atomic E-state index is 0.0873. The van der Waals surface area contributed by atoms with Crippen LogP contribution in [0.5, 0.6) is 0 Å². The predicted octanol–water partition coefficient (Wildman–Crippen LogP) is 11.3. The lowest BCUT2D eigenvalue weighted by molar-refractivity contribution is 0.461. The molecule has 0 N–H and O–H groups in total. The molecular formula is C42H28N2O. The zero-order valence-corrected chi connectivity index (χ0v) is 24.5. The van der Waals surface area contributed by atoms with Gasteiger partial charge >= 0.3 is 0 Å². The van der Waals surface area contributed by atoms with E-state index in [2.05, 4.69) is 161 Å². The Labute approximate surface area is 259 Å². The molecule has 0 bridgehead atoms. The molecule has 1 aliphatic carbocycles. The van der Waals surface area contributed by atoms with Gasteiger partial charge in [-0.3, -0.25) is 0 Å². The molecule has 0 radical (unpaired) electrons. The molecule has 0 saturated heterocycles. The summed E-state index contributed by atoms with van der Waals surface area (Å²) in [6, 6.07) is 50.4. The van der Waals surface area contributed by atoms with Gasteiger partial charge in [0.25, 0.3) is 0 Å². The molecule has 0 aliphatic heterocycles. The van der Waals surface area contributed by atoms with Crippen molar-refractivity contribution >= 4 is 60.7 Å². The SMILES string of the molecule is C1=Cc2c(oc3ccc(-c4cccc(-n5c6ccccc6c6ccccc65)c4)cc23)C(n2c3ccccc3c3ccccc32)C1. The minimum Gasteiger partial charge on any atom is -0.458 e. The average molecular weight is 577 g/mol. The lowest BCUT2D eigenvalue weighted by Crippen LogP contribution is -2.12. The molecule has 0 amide bonds. The topological polar surface area (TPSA) is 23.0 Å². The van der Waals surface area contributed by atoms with E-state index in [1.807, 2.05) is 0 Å². The van der Waals surface area contributed by atoms with E-state index in [0.717, 1.165) is 28.8 Å². The lowest BCUT2D eigenvalue weighted by Gasteiger charge is -2.21. The highest BCUT2D eigenvalue weighted by molar-refractivity contribution is 6.10. The van der Waals surface area contributed by atoms with Crippen molar-refractivity contribution in [3.05, 3.63) is 157 Å². The smallest absolute Gasteiger partial charge is 0.135 e. The Hall–Kier alpha value is -5.80. The van der Waals surface area contributed by atoms with Crippen LogP contribution in [0.25, 0.3) is 77.5 Å². The average Bonchev–Trinajstić information content (AvgIpc) is 3.76. The second-order valence-corrected chi connectivity index (χ2v) is 12.1. The molecule has 0 spiro atoms. The molecule has 1 atom stereocenters. The molecular weight excluding hydrogens is 548 g/mol. The maximum Gasteiger partial charge on any atom is 0.135 e. The lowest BCUT2D eigenvalue weighted by atomic mass is 9.96. The Bertz CT molecular complexity index is 2540. The van der Waals surface area contributed by atoms with Crippen molar-refractivity contribution in [2.75, 3.05) is 0 Å². The van der Waals surface area contributed by atoms with Crippen LogP contribution in [0, 0.1) is 0 Å². The number of aromatic nitrogens is 2. The Morgan fingerprint density at radius 2 is 1.09 bits per heavy atom. The third-order valence-electron chi connectivity index (χ3n) is 9.65. The third kappa shape index (κ3) is 3.52. The second-order valence-electron chi connectivity index (χ2n) is 12.1. The highest BCUT2D eigenvalue weighted by Gasteiger charge is 2.28. The van der Waals surface area contributed by atoms with Crippen molar-refractivity contribution in [3.63, 3.8) is 0 Å². The molecule has 1 unspecified atom stereocenters. The van der Waals surface area contributed by atoms with Crippen LogP contribution < -0.4 is 0 Å². The molecule has 10 rings (SSSR count). The van der Waals surface area contributed by atoms with E-state index in [1.165, 1.54) is 60.3 Å². The van der Waals surface area contributed by atoms with Gasteiger partial charge in [-0.25, -0.2) is 0 Å².